The molecule has 0 amide bonds. The Morgan fingerprint density at radius 3 is 1.96 bits per heavy atom. The van der Waals surface area contributed by atoms with Crippen molar-refractivity contribution in [1.29, 1.82) is 0 Å². The van der Waals surface area contributed by atoms with Crippen LogP contribution in [0, 0.1) is 11.3 Å². The number of carbonyl (C=O) groups excluding carboxylic acids is 1. The van der Waals surface area contributed by atoms with Gasteiger partial charge in [0, 0.05) is 17.6 Å². The summed E-state index contributed by atoms with van der Waals surface area (Å²) in [5.74, 6) is 1.99. The van der Waals surface area contributed by atoms with E-state index in [-0.39, 0.29) is 32.4 Å². The average molecular weight is 783 g/mol. The molecule has 0 spiro atoms. The highest BCUT2D eigenvalue weighted by atomic mass is 16.5. The number of hydrogen-bond acceptors (Lipinski definition) is 6. The fourth-order valence-corrected chi connectivity index (χ4v) is 8.66. The van der Waals surface area contributed by atoms with Crippen molar-refractivity contribution in [2.24, 2.45) is 11.3 Å². The van der Waals surface area contributed by atoms with Crippen LogP contribution in [0.1, 0.15) is 152 Å². The second kappa shape index (κ2) is 24.5. The maximum Gasteiger partial charge on any atom is 0.333 e. The van der Waals surface area contributed by atoms with Crippen LogP contribution >= 0.6 is 0 Å². The highest BCUT2D eigenvalue weighted by Gasteiger charge is 2.29. The summed E-state index contributed by atoms with van der Waals surface area (Å²) in [6.45, 7) is 12.5. The second-order valence-corrected chi connectivity index (χ2v) is 16.9. The molecule has 3 aromatic rings. The number of aliphatic hydroxyl groups is 3. The van der Waals surface area contributed by atoms with Crippen molar-refractivity contribution in [3.05, 3.63) is 89.0 Å². The van der Waals surface area contributed by atoms with Crippen molar-refractivity contribution in [2.75, 3.05) is 33.0 Å². The molecule has 1 saturated carbocycles. The van der Waals surface area contributed by atoms with Gasteiger partial charge in [-0.15, -0.1) is 0 Å². The van der Waals surface area contributed by atoms with Gasteiger partial charge in [0.15, 0.2) is 0 Å². The highest BCUT2D eigenvalue weighted by Crippen LogP contribution is 2.40. The summed E-state index contributed by atoms with van der Waals surface area (Å²) >= 11 is 0. The lowest BCUT2D eigenvalue weighted by molar-refractivity contribution is -0.139. The average Bonchev–Trinajstić information content (AvgIpc) is 3.24. The van der Waals surface area contributed by atoms with Gasteiger partial charge in [-0.1, -0.05) is 115 Å². The van der Waals surface area contributed by atoms with Crippen molar-refractivity contribution >= 4 is 5.97 Å². The van der Waals surface area contributed by atoms with E-state index in [2.05, 4.69) is 81.9 Å². The number of aliphatic hydroxyl groups excluding tert-OH is 3. The van der Waals surface area contributed by atoms with Crippen LogP contribution < -0.4 is 4.74 Å². The van der Waals surface area contributed by atoms with Gasteiger partial charge in [-0.05, 0) is 146 Å². The zero-order chi connectivity index (χ0) is 41.0. The molecule has 1 aliphatic rings. The molecular weight excluding hydrogens is 709 g/mol. The first-order valence-corrected chi connectivity index (χ1v) is 22.4. The van der Waals surface area contributed by atoms with Crippen LogP contribution in [0.3, 0.4) is 0 Å². The van der Waals surface area contributed by atoms with Crippen LogP contribution in [0.4, 0.5) is 0 Å². The molecule has 1 aliphatic carbocycles. The Bertz CT molecular complexity index is 1650. The SMILES string of the molecule is C=C(C)C(=O)OCCCc1cc(-c2ccc(-c3ccc(C4CCC(CCCCC)CC4)cc3)cc2CC)cc(CCCO)c1OCCC(CO)(CO)CCCCC. The number of hydrogen-bond donors (Lipinski definition) is 3. The number of aryl methyl sites for hydroxylation is 3. The predicted molar refractivity (Wildman–Crippen MR) is 236 cm³/mol. The zero-order valence-electron chi connectivity index (χ0n) is 35.9. The van der Waals surface area contributed by atoms with E-state index < -0.39 is 5.41 Å². The molecular formula is C51H74O6. The van der Waals surface area contributed by atoms with Gasteiger partial charge < -0.3 is 24.8 Å². The summed E-state index contributed by atoms with van der Waals surface area (Å²) < 4.78 is 12.1. The van der Waals surface area contributed by atoms with Gasteiger partial charge in [0.1, 0.15) is 5.75 Å². The first-order chi connectivity index (χ1) is 27.7. The molecule has 4 rings (SSSR count). The van der Waals surface area contributed by atoms with Gasteiger partial charge in [0.05, 0.1) is 26.4 Å². The summed E-state index contributed by atoms with van der Waals surface area (Å²) in [6.07, 6.45) is 18.5. The molecule has 314 valence electrons. The molecule has 0 aromatic heterocycles. The van der Waals surface area contributed by atoms with Crippen molar-refractivity contribution in [3.63, 3.8) is 0 Å². The topological polar surface area (TPSA) is 96.2 Å². The Kier molecular flexibility index (Phi) is 19.8. The van der Waals surface area contributed by atoms with Crippen molar-refractivity contribution in [3.8, 4) is 28.0 Å². The van der Waals surface area contributed by atoms with Gasteiger partial charge >= 0.3 is 5.97 Å². The third-order valence-electron chi connectivity index (χ3n) is 12.5. The van der Waals surface area contributed by atoms with Gasteiger partial charge in [0.2, 0.25) is 0 Å². The highest BCUT2D eigenvalue weighted by molar-refractivity contribution is 5.86. The fraction of sp³-hybridized carbons (Fsp3) is 0.588. The fourth-order valence-electron chi connectivity index (χ4n) is 8.66. The third-order valence-corrected chi connectivity index (χ3v) is 12.5. The molecule has 0 atom stereocenters. The van der Waals surface area contributed by atoms with Crippen LogP contribution in [0.15, 0.2) is 66.7 Å². The summed E-state index contributed by atoms with van der Waals surface area (Å²) in [6, 6.07) is 20.6. The van der Waals surface area contributed by atoms with E-state index in [9.17, 15) is 20.1 Å². The number of benzene rings is 3. The Hall–Kier alpha value is -3.45. The van der Waals surface area contributed by atoms with Crippen molar-refractivity contribution in [2.45, 2.75) is 149 Å². The lowest BCUT2D eigenvalue weighted by Crippen LogP contribution is -2.32. The molecule has 1 fully saturated rings. The summed E-state index contributed by atoms with van der Waals surface area (Å²) in [4.78, 5) is 12.1. The maximum atomic E-state index is 12.1. The van der Waals surface area contributed by atoms with Crippen LogP contribution in [-0.4, -0.2) is 54.3 Å². The van der Waals surface area contributed by atoms with E-state index in [1.165, 1.54) is 79.2 Å². The first kappa shape index (κ1) is 46.2. The van der Waals surface area contributed by atoms with Crippen LogP contribution in [0.25, 0.3) is 22.3 Å². The summed E-state index contributed by atoms with van der Waals surface area (Å²) in [5, 5.41) is 30.6. The predicted octanol–water partition coefficient (Wildman–Crippen LogP) is 11.7. The minimum Gasteiger partial charge on any atom is -0.493 e. The standard InChI is InChI=1S/C51H74O6/c1-6-9-11-15-39-18-20-41(21-19-39)42-22-24-43(25-23-42)44-26-27-48(40(8-3)33-44)47-34-45(16-13-30-52)49(46(35-47)17-14-31-57-50(55)38(4)5)56-32-29-51(36-53,37-54)28-12-10-7-2/h22-27,33-35,39,41,52-54H,4,6-21,28-32,36-37H2,1-3,5H3. The minimum absolute atomic E-state index is 0.0689. The third kappa shape index (κ3) is 13.8. The molecule has 3 aromatic carbocycles. The van der Waals surface area contributed by atoms with Gasteiger partial charge in [-0.3, -0.25) is 0 Å². The van der Waals surface area contributed by atoms with E-state index in [4.69, 9.17) is 9.47 Å². The van der Waals surface area contributed by atoms with E-state index in [0.717, 1.165) is 60.5 Å². The van der Waals surface area contributed by atoms with Crippen molar-refractivity contribution < 1.29 is 29.6 Å². The number of esters is 1. The molecule has 0 bridgehead atoms. The lowest BCUT2D eigenvalue weighted by Gasteiger charge is -2.30. The van der Waals surface area contributed by atoms with Crippen LogP contribution in [-0.2, 0) is 28.8 Å². The number of rotatable bonds is 26. The Morgan fingerprint density at radius 2 is 1.35 bits per heavy atom. The van der Waals surface area contributed by atoms with E-state index in [0.29, 0.717) is 50.2 Å². The molecule has 0 heterocycles. The Morgan fingerprint density at radius 1 is 0.719 bits per heavy atom. The molecule has 3 N–H and O–H groups in total. The molecule has 6 nitrogen and oxygen atoms in total. The Balaban J connectivity index is 1.60. The van der Waals surface area contributed by atoms with Gasteiger partial charge in [0.25, 0.3) is 0 Å². The van der Waals surface area contributed by atoms with Gasteiger partial charge in [-0.2, -0.15) is 0 Å². The second-order valence-electron chi connectivity index (χ2n) is 16.9. The number of carbonyl (C=O) groups is 1. The van der Waals surface area contributed by atoms with E-state index in [1.807, 2.05) is 0 Å². The zero-order valence-corrected chi connectivity index (χ0v) is 35.9. The largest absolute Gasteiger partial charge is 0.493 e. The number of unbranched alkanes of at least 4 members (excludes halogenated alkanes) is 4. The number of ether oxygens (including phenoxy) is 2. The smallest absolute Gasteiger partial charge is 0.333 e. The van der Waals surface area contributed by atoms with Gasteiger partial charge in [-0.25, -0.2) is 4.79 Å². The normalized spacial score (nSPS) is 15.8. The summed E-state index contributed by atoms with van der Waals surface area (Å²) in [7, 11) is 0. The van der Waals surface area contributed by atoms with Crippen LogP contribution in [0.2, 0.25) is 0 Å². The van der Waals surface area contributed by atoms with Crippen LogP contribution in [0.5, 0.6) is 5.75 Å². The molecule has 0 aliphatic heterocycles. The quantitative estimate of drug-likeness (QED) is 0.0426. The minimum atomic E-state index is -0.595. The molecule has 6 heteroatoms. The lowest BCUT2D eigenvalue weighted by atomic mass is 9.77. The first-order valence-electron chi connectivity index (χ1n) is 22.4. The molecule has 57 heavy (non-hydrogen) atoms. The molecule has 0 saturated heterocycles. The Labute approximate surface area is 345 Å². The van der Waals surface area contributed by atoms with E-state index in [1.54, 1.807) is 6.92 Å². The summed E-state index contributed by atoms with van der Waals surface area (Å²) in [5.41, 5.74) is 9.32. The van der Waals surface area contributed by atoms with Crippen molar-refractivity contribution in [1.82, 2.24) is 0 Å². The monoisotopic (exact) mass is 783 g/mol. The van der Waals surface area contributed by atoms with E-state index >= 15 is 0 Å². The maximum absolute atomic E-state index is 12.1. The molecule has 0 unspecified atom stereocenters. The molecule has 0 radical (unpaired) electrons.